The summed E-state index contributed by atoms with van der Waals surface area (Å²) in [6.45, 7) is 10.4. The normalized spacial score (nSPS) is 11.4. The van der Waals surface area contributed by atoms with Gasteiger partial charge >= 0.3 is 0 Å². The summed E-state index contributed by atoms with van der Waals surface area (Å²) in [5.41, 5.74) is 4.87. The molecule has 1 amide bonds. The van der Waals surface area contributed by atoms with Crippen LogP contribution in [-0.4, -0.2) is 20.7 Å². The van der Waals surface area contributed by atoms with E-state index in [4.69, 9.17) is 4.98 Å². The predicted molar refractivity (Wildman–Crippen MR) is 126 cm³/mol. The molecule has 0 bridgehead atoms. The maximum absolute atomic E-state index is 13.0. The number of nitrogens with zero attached hydrogens (tertiary/aromatic N) is 4. The average molecular weight is 424 g/mol. The number of amides is 1. The van der Waals surface area contributed by atoms with Crippen LogP contribution in [0.15, 0.2) is 54.7 Å². The summed E-state index contributed by atoms with van der Waals surface area (Å²) in [4.78, 5) is 17.7. The smallest absolute Gasteiger partial charge is 0.256 e. The predicted octanol–water partition coefficient (Wildman–Crippen LogP) is 5.46. The van der Waals surface area contributed by atoms with Crippen molar-refractivity contribution in [3.05, 3.63) is 82.5 Å². The first kappa shape index (κ1) is 21.3. The van der Waals surface area contributed by atoms with Gasteiger partial charge < -0.3 is 5.32 Å². The number of hydrogen-bond acceptors (Lipinski definition) is 4. The highest BCUT2D eigenvalue weighted by molar-refractivity contribution is 6.04. The van der Waals surface area contributed by atoms with Gasteiger partial charge in [0.25, 0.3) is 5.91 Å². The standard InChI is InChI=1S/C26H25N5O/c1-16-7-6-8-21-17(2)13-22(29-23(16)21)31-24(19(14-27)15-28-31)30-25(32)18-9-11-20(12-10-18)26(3,4)5/h6-13,15H,1-5H3,(H,30,32). The molecule has 0 fully saturated rings. The molecule has 160 valence electrons. The second kappa shape index (κ2) is 7.93. The molecular weight excluding hydrogens is 398 g/mol. The molecule has 0 radical (unpaired) electrons. The van der Waals surface area contributed by atoms with Crippen molar-refractivity contribution < 1.29 is 4.79 Å². The second-order valence-corrected chi connectivity index (χ2v) is 8.98. The maximum atomic E-state index is 13.0. The first-order valence-corrected chi connectivity index (χ1v) is 10.5. The van der Waals surface area contributed by atoms with E-state index in [9.17, 15) is 10.1 Å². The van der Waals surface area contributed by atoms with Crippen LogP contribution in [0.4, 0.5) is 5.82 Å². The van der Waals surface area contributed by atoms with Gasteiger partial charge in [-0.05, 0) is 54.2 Å². The molecule has 0 saturated heterocycles. The Morgan fingerprint density at radius 1 is 1.06 bits per heavy atom. The van der Waals surface area contributed by atoms with Crippen LogP contribution >= 0.6 is 0 Å². The highest BCUT2D eigenvalue weighted by atomic mass is 16.1. The van der Waals surface area contributed by atoms with Gasteiger partial charge in [0.1, 0.15) is 11.6 Å². The van der Waals surface area contributed by atoms with Crippen LogP contribution in [0.5, 0.6) is 0 Å². The average Bonchev–Trinajstić information content (AvgIpc) is 3.16. The fourth-order valence-corrected chi connectivity index (χ4v) is 3.68. The Hall–Kier alpha value is -3.98. The van der Waals surface area contributed by atoms with E-state index in [1.54, 1.807) is 12.1 Å². The number of nitriles is 1. The molecule has 4 aromatic rings. The maximum Gasteiger partial charge on any atom is 0.256 e. The van der Waals surface area contributed by atoms with Crippen molar-refractivity contribution in [3.8, 4) is 11.9 Å². The molecule has 0 unspecified atom stereocenters. The molecule has 0 saturated carbocycles. The van der Waals surface area contributed by atoms with Gasteiger partial charge in [-0.2, -0.15) is 15.0 Å². The fraction of sp³-hybridized carbons (Fsp3) is 0.231. The summed E-state index contributed by atoms with van der Waals surface area (Å²) < 4.78 is 1.51. The van der Waals surface area contributed by atoms with Crippen LogP contribution in [0.3, 0.4) is 0 Å². The summed E-state index contributed by atoms with van der Waals surface area (Å²) in [6, 6.07) is 17.6. The van der Waals surface area contributed by atoms with E-state index in [1.807, 2.05) is 50.2 Å². The van der Waals surface area contributed by atoms with E-state index in [2.05, 4.69) is 37.3 Å². The van der Waals surface area contributed by atoms with Gasteiger partial charge in [0.15, 0.2) is 11.6 Å². The minimum Gasteiger partial charge on any atom is -0.305 e. The number of aromatic nitrogens is 3. The van der Waals surface area contributed by atoms with E-state index in [-0.39, 0.29) is 16.9 Å². The molecule has 0 aliphatic carbocycles. The number of anilines is 1. The fourth-order valence-electron chi connectivity index (χ4n) is 3.68. The molecule has 2 aromatic carbocycles. The topological polar surface area (TPSA) is 83.6 Å². The highest BCUT2D eigenvalue weighted by Crippen LogP contribution is 2.26. The number of hydrogen-bond donors (Lipinski definition) is 1. The van der Waals surface area contributed by atoms with Gasteiger partial charge in [-0.3, -0.25) is 4.79 Å². The number of para-hydroxylation sites is 1. The van der Waals surface area contributed by atoms with Gasteiger partial charge in [-0.1, -0.05) is 51.1 Å². The number of carbonyl (C=O) groups is 1. The summed E-state index contributed by atoms with van der Waals surface area (Å²) >= 11 is 0. The van der Waals surface area contributed by atoms with E-state index >= 15 is 0 Å². The van der Waals surface area contributed by atoms with E-state index in [0.717, 1.165) is 27.6 Å². The summed E-state index contributed by atoms with van der Waals surface area (Å²) in [5, 5.41) is 17.9. The van der Waals surface area contributed by atoms with E-state index < -0.39 is 0 Å². The second-order valence-electron chi connectivity index (χ2n) is 8.98. The Morgan fingerprint density at radius 2 is 1.78 bits per heavy atom. The van der Waals surface area contributed by atoms with Crippen molar-refractivity contribution in [1.82, 2.24) is 14.8 Å². The molecule has 0 aliphatic rings. The van der Waals surface area contributed by atoms with Gasteiger partial charge in [-0.15, -0.1) is 0 Å². The first-order valence-electron chi connectivity index (χ1n) is 10.5. The molecule has 0 atom stereocenters. The van der Waals surface area contributed by atoms with Crippen molar-refractivity contribution in [2.24, 2.45) is 0 Å². The van der Waals surface area contributed by atoms with Crippen LogP contribution in [-0.2, 0) is 5.41 Å². The lowest BCUT2D eigenvalue weighted by atomic mass is 9.87. The van der Waals surface area contributed by atoms with Gasteiger partial charge in [0.05, 0.1) is 11.7 Å². The monoisotopic (exact) mass is 423 g/mol. The molecule has 32 heavy (non-hydrogen) atoms. The van der Waals surface area contributed by atoms with Crippen LogP contribution in [0, 0.1) is 25.2 Å². The zero-order chi connectivity index (χ0) is 23.0. The third-order valence-corrected chi connectivity index (χ3v) is 5.59. The van der Waals surface area contributed by atoms with Gasteiger partial charge in [0, 0.05) is 10.9 Å². The number of rotatable bonds is 3. The zero-order valence-corrected chi connectivity index (χ0v) is 18.9. The largest absolute Gasteiger partial charge is 0.305 e. The molecule has 6 nitrogen and oxygen atoms in total. The van der Waals surface area contributed by atoms with Gasteiger partial charge in [0.2, 0.25) is 0 Å². The summed E-state index contributed by atoms with van der Waals surface area (Å²) in [5.74, 6) is 0.541. The summed E-state index contributed by atoms with van der Waals surface area (Å²) in [6.07, 6.45) is 1.44. The Balaban J connectivity index is 1.74. The van der Waals surface area contributed by atoms with Gasteiger partial charge in [-0.25, -0.2) is 4.98 Å². The molecular formula is C26H25N5O. The number of aryl methyl sites for hydroxylation is 2. The lowest BCUT2D eigenvalue weighted by Crippen LogP contribution is -2.17. The van der Waals surface area contributed by atoms with E-state index in [0.29, 0.717) is 17.2 Å². The van der Waals surface area contributed by atoms with Crippen molar-refractivity contribution in [2.45, 2.75) is 40.0 Å². The Bertz CT molecular complexity index is 1370. The molecule has 0 aliphatic heterocycles. The minimum absolute atomic E-state index is 0.000648. The van der Waals surface area contributed by atoms with Crippen molar-refractivity contribution in [1.29, 1.82) is 5.26 Å². The quantitative estimate of drug-likeness (QED) is 0.474. The van der Waals surface area contributed by atoms with Crippen LogP contribution in [0.25, 0.3) is 16.7 Å². The highest BCUT2D eigenvalue weighted by Gasteiger charge is 2.19. The Kier molecular flexibility index (Phi) is 5.27. The molecule has 1 N–H and O–H groups in total. The molecule has 0 spiro atoms. The summed E-state index contributed by atoms with van der Waals surface area (Å²) in [7, 11) is 0. The Labute approximate surface area is 187 Å². The number of benzene rings is 2. The lowest BCUT2D eigenvalue weighted by molar-refractivity contribution is 0.102. The number of nitrogens with one attached hydrogen (secondary N) is 1. The molecule has 4 rings (SSSR count). The van der Waals surface area contributed by atoms with Crippen LogP contribution in [0.2, 0.25) is 0 Å². The third kappa shape index (κ3) is 3.85. The SMILES string of the molecule is Cc1cc(-n2ncc(C#N)c2NC(=O)c2ccc(C(C)(C)C)cc2)nc2c(C)cccc12. The Morgan fingerprint density at radius 3 is 2.44 bits per heavy atom. The zero-order valence-electron chi connectivity index (χ0n) is 18.9. The number of carbonyl (C=O) groups excluding carboxylic acids is 1. The van der Waals surface area contributed by atoms with Crippen molar-refractivity contribution >= 4 is 22.6 Å². The number of pyridine rings is 1. The number of fused-ring (bicyclic) bond motifs is 1. The molecule has 2 aromatic heterocycles. The lowest BCUT2D eigenvalue weighted by Gasteiger charge is -2.19. The molecule has 2 heterocycles. The van der Waals surface area contributed by atoms with Crippen LogP contribution in [0.1, 0.15) is 53.4 Å². The first-order chi connectivity index (χ1) is 15.2. The van der Waals surface area contributed by atoms with Crippen LogP contribution < -0.4 is 5.32 Å². The van der Waals surface area contributed by atoms with Crippen molar-refractivity contribution in [3.63, 3.8) is 0 Å². The third-order valence-electron chi connectivity index (χ3n) is 5.59. The molecule has 6 heteroatoms. The van der Waals surface area contributed by atoms with Crippen molar-refractivity contribution in [2.75, 3.05) is 5.32 Å². The van der Waals surface area contributed by atoms with E-state index in [1.165, 1.54) is 10.9 Å². The minimum atomic E-state index is -0.308.